The smallest absolute Gasteiger partial charge is 0.335 e. The monoisotopic (exact) mass is 472 g/mol. The zero-order valence-electron chi connectivity index (χ0n) is 19.7. The summed E-state index contributed by atoms with van der Waals surface area (Å²) >= 11 is -0.750. The SMILES string of the molecule is CCCCc1oc2ccc(NC)cc2c1C(=O)c1ccc(OCCCN(C)C)cc1.O=S=O. The van der Waals surface area contributed by atoms with Crippen molar-refractivity contribution in [2.75, 3.05) is 39.6 Å². The van der Waals surface area contributed by atoms with Crippen molar-refractivity contribution in [3.05, 3.63) is 59.4 Å². The molecule has 0 saturated heterocycles. The minimum atomic E-state index is -0.750. The molecular formula is C25H32N2O5S. The molecule has 178 valence electrons. The molecule has 0 spiro atoms. The number of unbranched alkanes of at least 4 members (excludes halogenated alkanes) is 1. The van der Waals surface area contributed by atoms with Gasteiger partial charge in [-0.25, -0.2) is 0 Å². The van der Waals surface area contributed by atoms with Gasteiger partial charge < -0.3 is 19.4 Å². The molecule has 0 aliphatic heterocycles. The molecule has 0 amide bonds. The van der Waals surface area contributed by atoms with Crippen LogP contribution in [0.5, 0.6) is 5.75 Å². The van der Waals surface area contributed by atoms with Gasteiger partial charge in [0.15, 0.2) is 5.78 Å². The predicted molar refractivity (Wildman–Crippen MR) is 132 cm³/mol. The first kappa shape index (κ1) is 26.3. The Morgan fingerprint density at radius 3 is 2.39 bits per heavy atom. The van der Waals surface area contributed by atoms with E-state index in [1.54, 1.807) is 0 Å². The Balaban J connectivity index is 0.00000122. The molecule has 0 saturated carbocycles. The number of benzene rings is 2. The molecule has 8 heteroatoms. The summed E-state index contributed by atoms with van der Waals surface area (Å²) in [5.41, 5.74) is 3.03. The molecule has 33 heavy (non-hydrogen) atoms. The first-order valence-electron chi connectivity index (χ1n) is 11.0. The first-order chi connectivity index (χ1) is 15.9. The molecule has 1 heterocycles. The molecule has 0 atom stereocenters. The van der Waals surface area contributed by atoms with Gasteiger partial charge in [-0.05, 0) is 69.4 Å². The highest BCUT2D eigenvalue weighted by Crippen LogP contribution is 2.31. The normalized spacial score (nSPS) is 10.6. The fourth-order valence-corrected chi connectivity index (χ4v) is 3.48. The van der Waals surface area contributed by atoms with E-state index in [2.05, 4.69) is 17.1 Å². The van der Waals surface area contributed by atoms with Gasteiger partial charge in [-0.1, -0.05) is 13.3 Å². The lowest BCUT2D eigenvalue weighted by Crippen LogP contribution is -2.15. The lowest BCUT2D eigenvalue weighted by atomic mass is 9.98. The van der Waals surface area contributed by atoms with Crippen molar-refractivity contribution < 1.29 is 22.4 Å². The van der Waals surface area contributed by atoms with Gasteiger partial charge >= 0.3 is 11.6 Å². The number of carbonyl (C=O) groups excluding carboxylic acids is 1. The van der Waals surface area contributed by atoms with Gasteiger partial charge in [0, 0.05) is 36.7 Å². The highest BCUT2D eigenvalue weighted by atomic mass is 32.1. The number of ether oxygens (including phenoxy) is 1. The van der Waals surface area contributed by atoms with Gasteiger partial charge in [0.2, 0.25) is 0 Å². The van der Waals surface area contributed by atoms with Crippen molar-refractivity contribution in [1.29, 1.82) is 0 Å². The number of nitrogens with one attached hydrogen (secondary N) is 1. The highest BCUT2D eigenvalue weighted by Gasteiger charge is 2.22. The Labute approximate surface area is 198 Å². The number of nitrogens with zero attached hydrogens (tertiary/aromatic N) is 1. The third-order valence-corrected chi connectivity index (χ3v) is 5.17. The van der Waals surface area contributed by atoms with E-state index in [0.717, 1.165) is 60.4 Å². The number of furan rings is 1. The maximum atomic E-state index is 13.4. The maximum Gasteiger partial charge on any atom is 0.335 e. The fourth-order valence-electron chi connectivity index (χ4n) is 3.48. The van der Waals surface area contributed by atoms with Crippen molar-refractivity contribution in [3.63, 3.8) is 0 Å². The van der Waals surface area contributed by atoms with Crippen LogP contribution in [-0.2, 0) is 18.0 Å². The van der Waals surface area contributed by atoms with Crippen LogP contribution in [0.2, 0.25) is 0 Å². The number of anilines is 1. The van der Waals surface area contributed by atoms with Crippen molar-refractivity contribution in [2.24, 2.45) is 0 Å². The van der Waals surface area contributed by atoms with E-state index >= 15 is 0 Å². The molecule has 0 bridgehead atoms. The number of hydrogen-bond donors (Lipinski definition) is 1. The van der Waals surface area contributed by atoms with Crippen LogP contribution >= 0.6 is 0 Å². The average Bonchev–Trinajstić information content (AvgIpc) is 3.18. The predicted octanol–water partition coefficient (Wildman–Crippen LogP) is 4.71. The fraction of sp³-hybridized carbons (Fsp3) is 0.400. The van der Waals surface area contributed by atoms with Crippen LogP contribution in [-0.4, -0.2) is 53.4 Å². The molecule has 0 fully saturated rings. The highest BCUT2D eigenvalue weighted by molar-refractivity contribution is 7.51. The number of carbonyl (C=O) groups is 1. The van der Waals surface area contributed by atoms with Gasteiger partial charge in [-0.2, -0.15) is 8.42 Å². The van der Waals surface area contributed by atoms with Gasteiger partial charge in [-0.3, -0.25) is 4.79 Å². The van der Waals surface area contributed by atoms with Gasteiger partial charge in [-0.15, -0.1) is 0 Å². The Morgan fingerprint density at radius 1 is 1.09 bits per heavy atom. The maximum absolute atomic E-state index is 13.4. The van der Waals surface area contributed by atoms with Crippen molar-refractivity contribution in [1.82, 2.24) is 4.90 Å². The van der Waals surface area contributed by atoms with Crippen LogP contribution in [0.1, 0.15) is 47.9 Å². The number of ketones is 1. The van der Waals surface area contributed by atoms with Gasteiger partial charge in [0.05, 0.1) is 12.2 Å². The number of rotatable bonds is 11. The Hall–Kier alpha value is -2.97. The summed E-state index contributed by atoms with van der Waals surface area (Å²) < 4.78 is 28.5. The summed E-state index contributed by atoms with van der Waals surface area (Å²) in [6.45, 7) is 3.78. The second-order valence-electron chi connectivity index (χ2n) is 7.89. The van der Waals surface area contributed by atoms with Gasteiger partial charge in [0.1, 0.15) is 17.1 Å². The summed E-state index contributed by atoms with van der Waals surface area (Å²) in [4.78, 5) is 15.6. The molecule has 3 aromatic rings. The van der Waals surface area contributed by atoms with Crippen LogP contribution in [0.25, 0.3) is 11.0 Å². The molecular weight excluding hydrogens is 440 g/mol. The Morgan fingerprint density at radius 2 is 1.79 bits per heavy atom. The van der Waals surface area contributed by atoms with E-state index in [0.29, 0.717) is 17.7 Å². The largest absolute Gasteiger partial charge is 0.494 e. The molecule has 0 unspecified atom stereocenters. The van der Waals surface area contributed by atoms with E-state index in [9.17, 15) is 4.79 Å². The molecule has 7 nitrogen and oxygen atoms in total. The van der Waals surface area contributed by atoms with Crippen LogP contribution in [0.3, 0.4) is 0 Å². The van der Waals surface area contributed by atoms with Crippen molar-refractivity contribution >= 4 is 34.0 Å². The molecule has 1 N–H and O–H groups in total. The van der Waals surface area contributed by atoms with Crippen LogP contribution in [0, 0.1) is 0 Å². The minimum Gasteiger partial charge on any atom is -0.494 e. The third-order valence-electron chi connectivity index (χ3n) is 5.17. The van der Waals surface area contributed by atoms with Crippen LogP contribution in [0.15, 0.2) is 46.9 Å². The lowest BCUT2D eigenvalue weighted by Gasteiger charge is -2.10. The summed E-state index contributed by atoms with van der Waals surface area (Å²) in [5.74, 6) is 1.55. The second-order valence-corrected chi connectivity index (χ2v) is 8.03. The number of hydrogen-bond acceptors (Lipinski definition) is 7. The lowest BCUT2D eigenvalue weighted by molar-refractivity contribution is 0.103. The van der Waals surface area contributed by atoms with E-state index in [-0.39, 0.29) is 5.78 Å². The standard InChI is InChI=1S/C25H32N2O3.O2S/c1-5-6-8-23-24(21-17-19(26-2)11-14-22(21)30-23)25(28)18-9-12-20(13-10-18)29-16-7-15-27(3)4;1-3-2/h9-14,17,26H,5-8,15-16H2,1-4H3;. The molecule has 2 aromatic carbocycles. The summed E-state index contributed by atoms with van der Waals surface area (Å²) in [7, 11) is 5.97. The van der Waals surface area contributed by atoms with Crippen LogP contribution < -0.4 is 10.1 Å². The Kier molecular flexibility index (Phi) is 10.8. The molecule has 0 aliphatic rings. The van der Waals surface area contributed by atoms with Crippen molar-refractivity contribution in [3.8, 4) is 5.75 Å². The third kappa shape index (κ3) is 7.54. The van der Waals surface area contributed by atoms with Crippen molar-refractivity contribution in [2.45, 2.75) is 32.6 Å². The molecule has 0 aliphatic carbocycles. The second kappa shape index (κ2) is 13.5. The summed E-state index contributed by atoms with van der Waals surface area (Å²) in [5, 5.41) is 4.01. The summed E-state index contributed by atoms with van der Waals surface area (Å²) in [6, 6.07) is 13.3. The Bertz CT molecular complexity index is 1070. The number of fused-ring (bicyclic) bond motifs is 1. The topological polar surface area (TPSA) is 88.8 Å². The first-order valence-corrected chi connectivity index (χ1v) is 11.7. The molecule has 1 aromatic heterocycles. The van der Waals surface area contributed by atoms with E-state index in [1.165, 1.54) is 0 Å². The van der Waals surface area contributed by atoms with E-state index < -0.39 is 11.6 Å². The zero-order chi connectivity index (χ0) is 24.2. The van der Waals surface area contributed by atoms with E-state index in [1.807, 2.05) is 63.6 Å². The summed E-state index contributed by atoms with van der Waals surface area (Å²) in [6.07, 6.45) is 3.75. The average molecular weight is 473 g/mol. The molecule has 0 radical (unpaired) electrons. The minimum absolute atomic E-state index is 0.00716. The van der Waals surface area contributed by atoms with E-state index in [4.69, 9.17) is 17.6 Å². The quantitative estimate of drug-likeness (QED) is 0.319. The molecule has 3 rings (SSSR count). The van der Waals surface area contributed by atoms with Crippen LogP contribution in [0.4, 0.5) is 5.69 Å². The van der Waals surface area contributed by atoms with Gasteiger partial charge in [0.25, 0.3) is 0 Å². The zero-order valence-corrected chi connectivity index (χ0v) is 20.5. The number of aryl methyl sites for hydroxylation is 1.